The van der Waals surface area contributed by atoms with E-state index in [1.807, 2.05) is 0 Å². The second kappa shape index (κ2) is 4.90. The summed E-state index contributed by atoms with van der Waals surface area (Å²) in [4.78, 5) is 11.3. The molecule has 1 aromatic heterocycles. The Bertz CT molecular complexity index is 697. The number of aromatic carboxylic acids is 1. The summed E-state index contributed by atoms with van der Waals surface area (Å²) in [6, 6.07) is 3.99. The van der Waals surface area contributed by atoms with Gasteiger partial charge in [0.2, 0.25) is 0 Å². The fourth-order valence-electron chi connectivity index (χ4n) is 2.62. The molecule has 0 unspecified atom stereocenters. The average Bonchev–Trinajstić information content (AvgIpc) is 2.81. The van der Waals surface area contributed by atoms with Gasteiger partial charge in [0.25, 0.3) is 0 Å². The first-order valence-corrected chi connectivity index (χ1v) is 6.75. The highest BCUT2D eigenvalue weighted by molar-refractivity contribution is 6.32. The van der Waals surface area contributed by atoms with Crippen LogP contribution in [0.5, 0.6) is 0 Å². The highest BCUT2D eigenvalue weighted by atomic mass is 35.5. The summed E-state index contributed by atoms with van der Waals surface area (Å²) in [5.74, 6) is -1.49. The van der Waals surface area contributed by atoms with Gasteiger partial charge in [-0.3, -0.25) is 0 Å². The molecular weight excluding hydrogens is 283 g/mol. The number of aromatic nitrogens is 2. The smallest absolute Gasteiger partial charge is 0.356 e. The number of benzene rings is 1. The minimum atomic E-state index is -1.06. The Balaban J connectivity index is 2.23. The van der Waals surface area contributed by atoms with E-state index in [0.717, 1.165) is 30.5 Å². The summed E-state index contributed by atoms with van der Waals surface area (Å²) in [5.41, 5.74) is 1.99. The van der Waals surface area contributed by atoms with E-state index >= 15 is 0 Å². The van der Waals surface area contributed by atoms with Gasteiger partial charge in [0, 0.05) is 17.3 Å². The molecule has 4 nitrogen and oxygen atoms in total. The molecule has 0 radical (unpaired) electrons. The fourth-order valence-corrected chi connectivity index (χ4v) is 2.82. The lowest BCUT2D eigenvalue weighted by atomic mass is 9.95. The lowest BCUT2D eigenvalue weighted by Crippen LogP contribution is -2.08. The third kappa shape index (κ3) is 2.08. The van der Waals surface area contributed by atoms with Crippen molar-refractivity contribution in [2.75, 3.05) is 0 Å². The van der Waals surface area contributed by atoms with Crippen molar-refractivity contribution in [3.05, 3.63) is 46.0 Å². The van der Waals surface area contributed by atoms with Gasteiger partial charge in [-0.15, -0.1) is 0 Å². The number of halogens is 2. The summed E-state index contributed by atoms with van der Waals surface area (Å²) in [7, 11) is 0. The van der Waals surface area contributed by atoms with Crippen molar-refractivity contribution in [3.63, 3.8) is 0 Å². The van der Waals surface area contributed by atoms with Crippen LogP contribution in [-0.2, 0) is 12.8 Å². The molecule has 0 fully saturated rings. The molecule has 0 bridgehead atoms. The molecule has 104 valence electrons. The van der Waals surface area contributed by atoms with E-state index in [2.05, 4.69) is 5.10 Å². The van der Waals surface area contributed by atoms with Crippen LogP contribution < -0.4 is 0 Å². The van der Waals surface area contributed by atoms with Crippen LogP contribution in [0.15, 0.2) is 18.2 Å². The van der Waals surface area contributed by atoms with Crippen molar-refractivity contribution in [2.24, 2.45) is 0 Å². The van der Waals surface area contributed by atoms with Crippen LogP contribution in [0.2, 0.25) is 5.02 Å². The molecule has 2 aromatic rings. The van der Waals surface area contributed by atoms with Crippen molar-refractivity contribution < 1.29 is 14.3 Å². The number of rotatable bonds is 2. The lowest BCUT2D eigenvalue weighted by Gasteiger charge is -2.14. The molecule has 1 aliphatic rings. The van der Waals surface area contributed by atoms with Crippen LogP contribution >= 0.6 is 11.6 Å². The Morgan fingerprint density at radius 2 is 2.10 bits per heavy atom. The fraction of sp³-hybridized carbons (Fsp3) is 0.286. The molecule has 0 spiro atoms. The first-order valence-electron chi connectivity index (χ1n) is 6.37. The largest absolute Gasteiger partial charge is 0.476 e. The van der Waals surface area contributed by atoms with Crippen molar-refractivity contribution in [3.8, 4) is 5.69 Å². The van der Waals surface area contributed by atoms with Gasteiger partial charge in [0.15, 0.2) is 5.69 Å². The molecule has 0 aliphatic heterocycles. The van der Waals surface area contributed by atoms with Crippen molar-refractivity contribution in [1.82, 2.24) is 9.78 Å². The molecule has 1 heterocycles. The molecule has 0 saturated carbocycles. The second-order valence-corrected chi connectivity index (χ2v) is 5.20. The number of hydrogen-bond acceptors (Lipinski definition) is 2. The molecule has 0 saturated heterocycles. The number of fused-ring (bicyclic) bond motifs is 1. The van der Waals surface area contributed by atoms with Gasteiger partial charge in [-0.05, 0) is 37.8 Å². The Hall–Kier alpha value is -1.88. The average molecular weight is 295 g/mol. The maximum absolute atomic E-state index is 13.4. The van der Waals surface area contributed by atoms with Crippen LogP contribution in [-0.4, -0.2) is 20.9 Å². The Labute approximate surface area is 119 Å². The van der Waals surface area contributed by atoms with E-state index in [1.54, 1.807) is 0 Å². The minimum Gasteiger partial charge on any atom is -0.476 e. The van der Waals surface area contributed by atoms with Crippen LogP contribution in [0.3, 0.4) is 0 Å². The monoisotopic (exact) mass is 294 g/mol. The van der Waals surface area contributed by atoms with E-state index < -0.39 is 11.8 Å². The van der Waals surface area contributed by atoms with Crippen LogP contribution in [0.25, 0.3) is 5.69 Å². The summed E-state index contributed by atoms with van der Waals surface area (Å²) in [6.45, 7) is 0. The molecule has 1 N–H and O–H groups in total. The quantitative estimate of drug-likeness (QED) is 0.925. The van der Waals surface area contributed by atoms with Crippen molar-refractivity contribution in [2.45, 2.75) is 25.7 Å². The SMILES string of the molecule is O=C(O)c1nn(-c2cc(F)ccc2Cl)c2c1CCCC2. The maximum atomic E-state index is 13.4. The van der Waals surface area contributed by atoms with Crippen molar-refractivity contribution >= 4 is 17.6 Å². The van der Waals surface area contributed by atoms with E-state index in [9.17, 15) is 14.3 Å². The molecule has 1 aromatic carbocycles. The van der Waals surface area contributed by atoms with Gasteiger partial charge in [-0.2, -0.15) is 5.10 Å². The molecule has 3 rings (SSSR count). The number of hydrogen-bond donors (Lipinski definition) is 1. The van der Waals surface area contributed by atoms with Crippen LogP contribution in [0.1, 0.15) is 34.6 Å². The summed E-state index contributed by atoms with van der Waals surface area (Å²) < 4.78 is 14.9. The number of carboxylic acid groups (broad SMARTS) is 1. The molecule has 20 heavy (non-hydrogen) atoms. The molecule has 6 heteroatoms. The highest BCUT2D eigenvalue weighted by Crippen LogP contribution is 2.30. The van der Waals surface area contributed by atoms with E-state index in [0.29, 0.717) is 17.1 Å². The molecule has 0 atom stereocenters. The zero-order valence-corrected chi connectivity index (χ0v) is 11.3. The first-order chi connectivity index (χ1) is 9.58. The summed E-state index contributed by atoms with van der Waals surface area (Å²) in [6.07, 6.45) is 3.31. The van der Waals surface area contributed by atoms with Gasteiger partial charge in [0.05, 0.1) is 10.7 Å². The summed E-state index contributed by atoms with van der Waals surface area (Å²) in [5, 5.41) is 13.7. The topological polar surface area (TPSA) is 55.1 Å². The van der Waals surface area contributed by atoms with Gasteiger partial charge >= 0.3 is 5.97 Å². The standard InChI is InChI=1S/C14H12ClFN2O2/c15-10-6-5-8(16)7-12(10)18-11-4-2-1-3-9(11)13(17-18)14(19)20/h5-7H,1-4H2,(H,19,20). The van der Waals surface area contributed by atoms with Gasteiger partial charge in [0.1, 0.15) is 5.82 Å². The third-order valence-electron chi connectivity index (χ3n) is 3.52. The predicted octanol–water partition coefficient (Wildman–Crippen LogP) is 3.24. The highest BCUT2D eigenvalue weighted by Gasteiger charge is 2.26. The van der Waals surface area contributed by atoms with E-state index in [4.69, 9.17) is 11.6 Å². The van der Waals surface area contributed by atoms with Crippen LogP contribution in [0.4, 0.5) is 4.39 Å². The number of carbonyl (C=O) groups is 1. The Morgan fingerprint density at radius 1 is 1.35 bits per heavy atom. The second-order valence-electron chi connectivity index (χ2n) is 4.79. The van der Waals surface area contributed by atoms with Crippen LogP contribution in [0, 0.1) is 5.82 Å². The van der Waals surface area contributed by atoms with Gasteiger partial charge in [-0.25, -0.2) is 13.9 Å². The number of carboxylic acids is 1. The number of nitrogens with zero attached hydrogens (tertiary/aromatic N) is 2. The maximum Gasteiger partial charge on any atom is 0.356 e. The van der Waals surface area contributed by atoms with Crippen molar-refractivity contribution in [1.29, 1.82) is 0 Å². The molecule has 0 amide bonds. The molecule has 1 aliphatic carbocycles. The van der Waals surface area contributed by atoms with E-state index in [-0.39, 0.29) is 5.69 Å². The third-order valence-corrected chi connectivity index (χ3v) is 3.84. The van der Waals surface area contributed by atoms with E-state index in [1.165, 1.54) is 22.9 Å². The zero-order valence-electron chi connectivity index (χ0n) is 10.6. The predicted molar refractivity (Wildman–Crippen MR) is 72.1 cm³/mol. The minimum absolute atomic E-state index is 0.0417. The zero-order chi connectivity index (χ0) is 14.3. The normalized spacial score (nSPS) is 14.1. The van der Waals surface area contributed by atoms with Gasteiger partial charge in [-0.1, -0.05) is 11.6 Å². The van der Waals surface area contributed by atoms with Gasteiger partial charge < -0.3 is 5.11 Å². The summed E-state index contributed by atoms with van der Waals surface area (Å²) >= 11 is 6.09. The molecular formula is C14H12ClFN2O2. The first kappa shape index (κ1) is 13.1. The Kier molecular flexibility index (Phi) is 3.22. The lowest BCUT2D eigenvalue weighted by molar-refractivity contribution is 0.0688. The Morgan fingerprint density at radius 3 is 2.85 bits per heavy atom.